The number of alkyl halides is 3. The fraction of sp³-hybridized carbons (Fsp3) is 0.800. The number of halogens is 3. The molecule has 1 aliphatic heterocycles. The zero-order chi connectivity index (χ0) is 14.0. The molecule has 0 aromatic carbocycles. The molecule has 0 aliphatic carbocycles. The zero-order valence-electron chi connectivity index (χ0n) is 9.88. The number of carbonyl (C=O) groups excluding carboxylic acids is 1. The van der Waals surface area contributed by atoms with Gasteiger partial charge in [0.2, 0.25) is 0 Å². The molecular weight excluding hydrogens is 253 g/mol. The Labute approximate surface area is 102 Å². The number of amides is 2. The first-order chi connectivity index (χ1) is 8.23. The third kappa shape index (κ3) is 2.85. The summed E-state index contributed by atoms with van der Waals surface area (Å²) in [6, 6.07) is -0.978. The minimum atomic E-state index is -4.51. The van der Waals surface area contributed by atoms with Crippen LogP contribution in [-0.2, 0) is 4.79 Å². The third-order valence-corrected chi connectivity index (χ3v) is 3.16. The minimum absolute atomic E-state index is 0.157. The van der Waals surface area contributed by atoms with Crippen LogP contribution in [0.25, 0.3) is 0 Å². The van der Waals surface area contributed by atoms with Crippen molar-refractivity contribution < 1.29 is 27.9 Å². The number of nitrogens with zero attached hydrogens (tertiary/aromatic N) is 1. The molecule has 2 amide bonds. The SMILES string of the molecule is CCC1(C(=O)O)CCCN1C(=O)NCC(F)(F)F. The van der Waals surface area contributed by atoms with Crippen LogP contribution >= 0.6 is 0 Å². The van der Waals surface area contributed by atoms with E-state index in [1.165, 1.54) is 0 Å². The van der Waals surface area contributed by atoms with Gasteiger partial charge < -0.3 is 15.3 Å². The average molecular weight is 268 g/mol. The number of rotatable bonds is 3. The summed E-state index contributed by atoms with van der Waals surface area (Å²) in [5.74, 6) is -1.18. The number of aliphatic carboxylic acids is 1. The van der Waals surface area contributed by atoms with Gasteiger partial charge in [0.1, 0.15) is 12.1 Å². The summed E-state index contributed by atoms with van der Waals surface area (Å²) in [6.45, 7) is 0.301. The maximum absolute atomic E-state index is 12.0. The summed E-state index contributed by atoms with van der Waals surface area (Å²) in [6.07, 6.45) is -3.60. The lowest BCUT2D eigenvalue weighted by Gasteiger charge is -2.33. The van der Waals surface area contributed by atoms with Gasteiger partial charge in [0.15, 0.2) is 0 Å². The molecule has 0 spiro atoms. The van der Waals surface area contributed by atoms with E-state index < -0.39 is 30.3 Å². The van der Waals surface area contributed by atoms with Crippen molar-refractivity contribution in [3.63, 3.8) is 0 Å². The van der Waals surface area contributed by atoms with E-state index in [1.54, 1.807) is 12.2 Å². The van der Waals surface area contributed by atoms with E-state index >= 15 is 0 Å². The largest absolute Gasteiger partial charge is 0.479 e. The predicted octanol–water partition coefficient (Wildman–Crippen LogP) is 1.59. The van der Waals surface area contributed by atoms with E-state index in [0.29, 0.717) is 6.42 Å². The van der Waals surface area contributed by atoms with Crippen molar-refractivity contribution in [2.75, 3.05) is 13.1 Å². The maximum atomic E-state index is 12.0. The molecule has 18 heavy (non-hydrogen) atoms. The van der Waals surface area contributed by atoms with Gasteiger partial charge in [-0.25, -0.2) is 9.59 Å². The van der Waals surface area contributed by atoms with Gasteiger partial charge in [0.05, 0.1) is 0 Å². The third-order valence-electron chi connectivity index (χ3n) is 3.16. The van der Waals surface area contributed by atoms with Crippen LogP contribution in [0, 0.1) is 0 Å². The molecule has 1 aliphatic rings. The minimum Gasteiger partial charge on any atom is -0.479 e. The second-order valence-corrected chi connectivity index (χ2v) is 4.22. The molecule has 0 aromatic heterocycles. The molecule has 0 aromatic rings. The van der Waals surface area contributed by atoms with Gasteiger partial charge in [-0.1, -0.05) is 6.92 Å². The van der Waals surface area contributed by atoms with Crippen molar-refractivity contribution in [1.29, 1.82) is 0 Å². The quantitative estimate of drug-likeness (QED) is 0.816. The fourth-order valence-electron chi connectivity index (χ4n) is 2.19. The summed E-state index contributed by atoms with van der Waals surface area (Å²) in [7, 11) is 0. The van der Waals surface area contributed by atoms with E-state index in [0.717, 1.165) is 4.90 Å². The van der Waals surface area contributed by atoms with Gasteiger partial charge in [0.25, 0.3) is 0 Å². The standard InChI is InChI=1S/C10H15F3N2O3/c1-2-9(7(16)17)4-3-5-15(9)8(18)14-6-10(11,12)13/h2-6H2,1H3,(H,14,18)(H,16,17). The number of likely N-dealkylation sites (tertiary alicyclic amines) is 1. The van der Waals surface area contributed by atoms with E-state index in [2.05, 4.69) is 0 Å². The molecule has 1 rings (SSSR count). The topological polar surface area (TPSA) is 69.6 Å². The van der Waals surface area contributed by atoms with E-state index in [-0.39, 0.29) is 19.4 Å². The molecule has 2 N–H and O–H groups in total. The number of carbonyl (C=O) groups is 2. The Bertz CT molecular complexity index is 346. The first kappa shape index (κ1) is 14.6. The molecule has 1 saturated heterocycles. The Balaban J connectivity index is 2.75. The highest BCUT2D eigenvalue weighted by Crippen LogP contribution is 2.32. The van der Waals surface area contributed by atoms with Crippen LogP contribution in [0.4, 0.5) is 18.0 Å². The zero-order valence-corrected chi connectivity index (χ0v) is 9.88. The smallest absolute Gasteiger partial charge is 0.405 e. The van der Waals surface area contributed by atoms with E-state index in [4.69, 9.17) is 5.11 Å². The van der Waals surface area contributed by atoms with Gasteiger partial charge >= 0.3 is 18.2 Å². The Morgan fingerprint density at radius 1 is 1.44 bits per heavy atom. The lowest BCUT2D eigenvalue weighted by atomic mass is 9.93. The summed E-state index contributed by atoms with van der Waals surface area (Å²) >= 11 is 0. The van der Waals surface area contributed by atoms with Crippen LogP contribution < -0.4 is 5.32 Å². The molecule has 0 saturated carbocycles. The Kier molecular flexibility index (Phi) is 4.08. The van der Waals surface area contributed by atoms with E-state index in [9.17, 15) is 22.8 Å². The van der Waals surface area contributed by atoms with Crippen molar-refractivity contribution in [2.24, 2.45) is 0 Å². The molecule has 0 radical (unpaired) electrons. The number of urea groups is 1. The second kappa shape index (κ2) is 5.03. The molecule has 0 bridgehead atoms. The van der Waals surface area contributed by atoms with Gasteiger partial charge in [-0.2, -0.15) is 13.2 Å². The van der Waals surface area contributed by atoms with Gasteiger partial charge in [0, 0.05) is 6.54 Å². The summed E-state index contributed by atoms with van der Waals surface area (Å²) in [4.78, 5) is 23.8. The number of nitrogens with one attached hydrogen (secondary N) is 1. The fourth-order valence-corrected chi connectivity index (χ4v) is 2.19. The maximum Gasteiger partial charge on any atom is 0.405 e. The van der Waals surface area contributed by atoms with Crippen LogP contribution in [-0.4, -0.2) is 46.8 Å². The molecule has 104 valence electrons. The lowest BCUT2D eigenvalue weighted by molar-refractivity contribution is -0.148. The molecule has 1 unspecified atom stereocenters. The van der Waals surface area contributed by atoms with Crippen LogP contribution in [0.3, 0.4) is 0 Å². The van der Waals surface area contributed by atoms with Crippen molar-refractivity contribution >= 4 is 12.0 Å². The van der Waals surface area contributed by atoms with Gasteiger partial charge in [-0.05, 0) is 19.3 Å². The number of carboxylic acid groups (broad SMARTS) is 1. The summed E-state index contributed by atoms with van der Waals surface area (Å²) in [5, 5.41) is 10.9. The molecule has 5 nitrogen and oxygen atoms in total. The van der Waals surface area contributed by atoms with Crippen molar-refractivity contribution in [1.82, 2.24) is 10.2 Å². The van der Waals surface area contributed by atoms with Crippen LogP contribution in [0.1, 0.15) is 26.2 Å². The van der Waals surface area contributed by atoms with Crippen LogP contribution in [0.2, 0.25) is 0 Å². The van der Waals surface area contributed by atoms with Crippen molar-refractivity contribution in [3.05, 3.63) is 0 Å². The molecule has 8 heteroatoms. The van der Waals surface area contributed by atoms with Gasteiger partial charge in [-0.3, -0.25) is 0 Å². The van der Waals surface area contributed by atoms with Gasteiger partial charge in [-0.15, -0.1) is 0 Å². The van der Waals surface area contributed by atoms with E-state index in [1.807, 2.05) is 0 Å². The number of hydrogen-bond acceptors (Lipinski definition) is 2. The monoisotopic (exact) mass is 268 g/mol. The molecule has 1 heterocycles. The summed E-state index contributed by atoms with van der Waals surface area (Å²) < 4.78 is 36.0. The van der Waals surface area contributed by atoms with Crippen LogP contribution in [0.15, 0.2) is 0 Å². The summed E-state index contributed by atoms with van der Waals surface area (Å²) in [5.41, 5.74) is -1.38. The number of carboxylic acids is 1. The van der Waals surface area contributed by atoms with Crippen LogP contribution in [0.5, 0.6) is 0 Å². The highest BCUT2D eigenvalue weighted by Gasteiger charge is 2.48. The first-order valence-corrected chi connectivity index (χ1v) is 5.58. The molecule has 1 fully saturated rings. The Morgan fingerprint density at radius 2 is 2.06 bits per heavy atom. The first-order valence-electron chi connectivity index (χ1n) is 5.58. The van der Waals surface area contributed by atoms with Crippen molar-refractivity contribution in [2.45, 2.75) is 37.9 Å². The van der Waals surface area contributed by atoms with Crippen molar-refractivity contribution in [3.8, 4) is 0 Å². The average Bonchev–Trinajstić information content (AvgIpc) is 2.69. The normalized spacial score (nSPS) is 24.1. The Hall–Kier alpha value is -1.47. The predicted molar refractivity (Wildman–Crippen MR) is 56.1 cm³/mol. The highest BCUT2D eigenvalue weighted by molar-refractivity contribution is 5.87. The molecular formula is C10H15F3N2O3. The second-order valence-electron chi connectivity index (χ2n) is 4.22. The molecule has 1 atom stereocenters. The lowest BCUT2D eigenvalue weighted by Crippen LogP contribution is -2.56. The Morgan fingerprint density at radius 3 is 2.50 bits per heavy atom. The number of hydrogen-bond donors (Lipinski definition) is 2. The highest BCUT2D eigenvalue weighted by atomic mass is 19.4.